The largest absolute Gasteiger partial charge is 0.493 e. The summed E-state index contributed by atoms with van der Waals surface area (Å²) in [6, 6.07) is 4.80. The molecule has 0 spiro atoms. The molecule has 1 N–H and O–H groups in total. The molecule has 0 bridgehead atoms. The Morgan fingerprint density at radius 3 is 2.95 bits per heavy atom. The van der Waals surface area contributed by atoms with Crippen LogP contribution in [-0.4, -0.2) is 34.3 Å². The molecule has 106 valence electrons. The van der Waals surface area contributed by atoms with E-state index in [4.69, 9.17) is 14.6 Å². The first-order valence-corrected chi connectivity index (χ1v) is 6.21. The molecule has 0 saturated heterocycles. The van der Waals surface area contributed by atoms with E-state index in [-0.39, 0.29) is 11.3 Å². The van der Waals surface area contributed by atoms with Gasteiger partial charge >= 0.3 is 5.97 Å². The first-order valence-electron chi connectivity index (χ1n) is 6.21. The molecule has 0 unspecified atom stereocenters. The van der Waals surface area contributed by atoms with Crippen LogP contribution < -0.4 is 9.47 Å². The molecule has 0 fully saturated rings. The predicted octanol–water partition coefficient (Wildman–Crippen LogP) is 2.06. The van der Waals surface area contributed by atoms with Crippen LogP contribution in [0.25, 0.3) is 0 Å². The van der Waals surface area contributed by atoms with Crippen molar-refractivity contribution in [3.63, 3.8) is 0 Å². The number of methoxy groups -OCH3 is 1. The minimum Gasteiger partial charge on any atom is -0.493 e. The highest BCUT2D eigenvalue weighted by Crippen LogP contribution is 2.31. The van der Waals surface area contributed by atoms with E-state index in [1.54, 1.807) is 24.7 Å². The van der Waals surface area contributed by atoms with Gasteiger partial charge in [-0.25, -0.2) is 9.78 Å². The topological polar surface area (TPSA) is 73.6 Å². The molecule has 0 amide bonds. The third kappa shape index (κ3) is 3.28. The molecule has 2 aromatic rings. The van der Waals surface area contributed by atoms with Crippen LogP contribution in [0.5, 0.6) is 11.5 Å². The maximum absolute atomic E-state index is 11.2. The summed E-state index contributed by atoms with van der Waals surface area (Å²) < 4.78 is 12.6. The lowest BCUT2D eigenvalue weighted by Crippen LogP contribution is -2.08. The zero-order valence-electron chi connectivity index (χ0n) is 11.2. The number of nitrogens with zero attached hydrogens (tertiary/aromatic N) is 2. The summed E-state index contributed by atoms with van der Waals surface area (Å²) in [7, 11) is 1.49. The van der Waals surface area contributed by atoms with Crippen molar-refractivity contribution in [1.82, 2.24) is 9.55 Å². The standard InChI is InChI=1S/C14H16N2O4/c1-19-12-5-2-4-11(14(17)18)13(12)20-9-3-7-16-8-6-15-10-16/h2,4-6,8,10H,3,7,9H2,1H3,(H,17,18). The van der Waals surface area contributed by atoms with Gasteiger partial charge in [0.25, 0.3) is 0 Å². The first kappa shape index (κ1) is 13.9. The first-order chi connectivity index (χ1) is 9.72. The van der Waals surface area contributed by atoms with Crippen molar-refractivity contribution in [2.75, 3.05) is 13.7 Å². The van der Waals surface area contributed by atoms with Crippen LogP contribution in [0.1, 0.15) is 16.8 Å². The summed E-state index contributed by atoms with van der Waals surface area (Å²) in [5, 5.41) is 9.14. The summed E-state index contributed by atoms with van der Waals surface area (Å²) in [4.78, 5) is 15.1. The van der Waals surface area contributed by atoms with Gasteiger partial charge < -0.3 is 19.1 Å². The van der Waals surface area contributed by atoms with Crippen LogP contribution in [0.2, 0.25) is 0 Å². The van der Waals surface area contributed by atoms with Gasteiger partial charge in [-0.15, -0.1) is 0 Å². The molecule has 1 heterocycles. The zero-order chi connectivity index (χ0) is 14.4. The van der Waals surface area contributed by atoms with E-state index in [0.717, 1.165) is 13.0 Å². The normalized spacial score (nSPS) is 10.2. The number of carbonyl (C=O) groups is 1. The van der Waals surface area contributed by atoms with E-state index in [1.807, 2.05) is 10.8 Å². The molecule has 0 radical (unpaired) electrons. The lowest BCUT2D eigenvalue weighted by Gasteiger charge is -2.13. The number of hydrogen-bond acceptors (Lipinski definition) is 4. The summed E-state index contributed by atoms with van der Waals surface area (Å²) in [6.07, 6.45) is 6.05. The Morgan fingerprint density at radius 2 is 2.30 bits per heavy atom. The van der Waals surface area contributed by atoms with Crippen LogP contribution in [0, 0.1) is 0 Å². The van der Waals surface area contributed by atoms with Gasteiger partial charge in [-0.1, -0.05) is 6.07 Å². The van der Waals surface area contributed by atoms with Gasteiger partial charge in [-0.3, -0.25) is 0 Å². The average molecular weight is 276 g/mol. The van der Waals surface area contributed by atoms with E-state index in [9.17, 15) is 4.79 Å². The molecular formula is C14H16N2O4. The van der Waals surface area contributed by atoms with Crippen molar-refractivity contribution in [2.24, 2.45) is 0 Å². The van der Waals surface area contributed by atoms with Gasteiger partial charge in [-0.05, 0) is 18.6 Å². The maximum Gasteiger partial charge on any atom is 0.339 e. The average Bonchev–Trinajstić information content (AvgIpc) is 2.96. The van der Waals surface area contributed by atoms with Crippen molar-refractivity contribution in [1.29, 1.82) is 0 Å². The number of rotatable bonds is 7. The highest BCUT2D eigenvalue weighted by molar-refractivity contribution is 5.92. The van der Waals surface area contributed by atoms with E-state index in [2.05, 4.69) is 4.98 Å². The van der Waals surface area contributed by atoms with E-state index in [1.165, 1.54) is 13.2 Å². The SMILES string of the molecule is COc1cccc(C(=O)O)c1OCCCn1ccnc1. The second-order valence-corrected chi connectivity index (χ2v) is 4.14. The van der Waals surface area contributed by atoms with Crippen molar-refractivity contribution in [3.8, 4) is 11.5 Å². The fourth-order valence-corrected chi connectivity index (χ4v) is 1.83. The van der Waals surface area contributed by atoms with E-state index < -0.39 is 5.97 Å². The Kier molecular flexibility index (Phi) is 4.60. The zero-order valence-corrected chi connectivity index (χ0v) is 11.2. The van der Waals surface area contributed by atoms with Crippen LogP contribution in [0.3, 0.4) is 0 Å². The molecular weight excluding hydrogens is 260 g/mol. The molecule has 20 heavy (non-hydrogen) atoms. The highest BCUT2D eigenvalue weighted by atomic mass is 16.5. The van der Waals surface area contributed by atoms with Crippen molar-refractivity contribution in [3.05, 3.63) is 42.5 Å². The fourth-order valence-electron chi connectivity index (χ4n) is 1.83. The number of para-hydroxylation sites is 1. The van der Waals surface area contributed by atoms with Gasteiger partial charge in [0.15, 0.2) is 11.5 Å². The molecule has 6 heteroatoms. The van der Waals surface area contributed by atoms with Gasteiger partial charge in [0, 0.05) is 18.9 Å². The number of carboxylic acids is 1. The molecule has 1 aromatic carbocycles. The van der Waals surface area contributed by atoms with Gasteiger partial charge in [-0.2, -0.15) is 0 Å². The molecule has 0 aliphatic rings. The monoisotopic (exact) mass is 276 g/mol. The minimum absolute atomic E-state index is 0.104. The lowest BCUT2D eigenvalue weighted by molar-refractivity contribution is 0.0691. The third-order valence-electron chi connectivity index (χ3n) is 2.80. The number of aromatic carboxylic acids is 1. The number of ether oxygens (including phenoxy) is 2. The summed E-state index contributed by atoms with van der Waals surface area (Å²) in [5.41, 5.74) is 0.104. The number of imidazole rings is 1. The number of aromatic nitrogens is 2. The van der Waals surface area contributed by atoms with Crippen molar-refractivity contribution >= 4 is 5.97 Å². The highest BCUT2D eigenvalue weighted by Gasteiger charge is 2.15. The fraction of sp³-hybridized carbons (Fsp3) is 0.286. The second-order valence-electron chi connectivity index (χ2n) is 4.14. The van der Waals surface area contributed by atoms with E-state index in [0.29, 0.717) is 12.4 Å². The quantitative estimate of drug-likeness (QED) is 0.783. The third-order valence-corrected chi connectivity index (χ3v) is 2.80. The molecule has 0 aliphatic heterocycles. The number of aryl methyl sites for hydroxylation is 1. The summed E-state index contributed by atoms with van der Waals surface area (Å²) in [5.74, 6) is -0.339. The summed E-state index contributed by atoms with van der Waals surface area (Å²) in [6.45, 7) is 1.16. The second kappa shape index (κ2) is 6.60. The Labute approximate surface area is 116 Å². The summed E-state index contributed by atoms with van der Waals surface area (Å²) >= 11 is 0. The Morgan fingerprint density at radius 1 is 1.45 bits per heavy atom. The van der Waals surface area contributed by atoms with E-state index >= 15 is 0 Å². The van der Waals surface area contributed by atoms with Crippen LogP contribution in [0.4, 0.5) is 0 Å². The number of benzene rings is 1. The molecule has 6 nitrogen and oxygen atoms in total. The molecule has 2 rings (SSSR count). The lowest BCUT2D eigenvalue weighted by atomic mass is 10.2. The Hall–Kier alpha value is -2.50. The van der Waals surface area contributed by atoms with Gasteiger partial charge in [0.05, 0.1) is 20.0 Å². The molecule has 0 atom stereocenters. The number of carboxylic acid groups (broad SMARTS) is 1. The van der Waals surface area contributed by atoms with Crippen molar-refractivity contribution in [2.45, 2.75) is 13.0 Å². The number of hydrogen-bond donors (Lipinski definition) is 1. The van der Waals surface area contributed by atoms with Crippen LogP contribution >= 0.6 is 0 Å². The van der Waals surface area contributed by atoms with Crippen LogP contribution in [-0.2, 0) is 6.54 Å². The van der Waals surface area contributed by atoms with Crippen LogP contribution in [0.15, 0.2) is 36.9 Å². The van der Waals surface area contributed by atoms with Gasteiger partial charge in [0.2, 0.25) is 0 Å². The Balaban J connectivity index is 1.99. The smallest absolute Gasteiger partial charge is 0.339 e. The molecule has 0 saturated carbocycles. The van der Waals surface area contributed by atoms with Gasteiger partial charge in [0.1, 0.15) is 5.56 Å². The molecule has 0 aliphatic carbocycles. The predicted molar refractivity (Wildman–Crippen MR) is 72.3 cm³/mol. The van der Waals surface area contributed by atoms with Crippen molar-refractivity contribution < 1.29 is 19.4 Å². The molecule has 1 aromatic heterocycles. The maximum atomic E-state index is 11.2. The Bertz CT molecular complexity index is 567. The minimum atomic E-state index is -1.03.